The molecule has 2 aliphatic heterocycles. The number of aromatic nitrogens is 2. The number of fused-ring (bicyclic) bond motifs is 3. The number of anilines is 1. The molecule has 2 aromatic rings. The van der Waals surface area contributed by atoms with Gasteiger partial charge in [0, 0.05) is 25.2 Å². The van der Waals surface area contributed by atoms with Crippen molar-refractivity contribution < 1.29 is 13.5 Å². The van der Waals surface area contributed by atoms with Gasteiger partial charge in [-0.05, 0) is 37.0 Å². The highest BCUT2D eigenvalue weighted by Gasteiger charge is 2.32. The van der Waals surface area contributed by atoms with Crippen LogP contribution in [0.1, 0.15) is 24.8 Å². The van der Waals surface area contributed by atoms with E-state index in [4.69, 9.17) is 4.74 Å². The maximum absolute atomic E-state index is 13.2. The summed E-state index contributed by atoms with van der Waals surface area (Å²) in [6, 6.07) is 5.69. The zero-order chi connectivity index (χ0) is 16.7. The molecule has 0 spiro atoms. The van der Waals surface area contributed by atoms with Crippen LogP contribution in [0.3, 0.4) is 0 Å². The predicted molar refractivity (Wildman–Crippen MR) is 84.2 cm³/mol. The van der Waals surface area contributed by atoms with Crippen molar-refractivity contribution in [2.24, 2.45) is 0 Å². The molecule has 0 N–H and O–H groups in total. The van der Waals surface area contributed by atoms with Crippen molar-refractivity contribution >= 4 is 5.82 Å². The lowest BCUT2D eigenvalue weighted by atomic mass is 10.0. The van der Waals surface area contributed by atoms with Crippen molar-refractivity contribution in [2.45, 2.75) is 38.5 Å². The number of ether oxygens (including phenoxy) is 1. The maximum Gasteiger partial charge on any atom is 0.352 e. The second kappa shape index (κ2) is 5.89. The second-order valence-electron chi connectivity index (χ2n) is 6.23. The number of piperidine rings is 1. The molecule has 2 aliphatic rings. The van der Waals surface area contributed by atoms with E-state index in [9.17, 15) is 13.6 Å². The molecular weight excluding hydrogens is 316 g/mol. The van der Waals surface area contributed by atoms with E-state index >= 15 is 0 Å². The lowest BCUT2D eigenvalue weighted by molar-refractivity contribution is 0.290. The Morgan fingerprint density at radius 1 is 1.21 bits per heavy atom. The molecule has 1 saturated heterocycles. The predicted octanol–water partition coefficient (Wildman–Crippen LogP) is 2.47. The third kappa shape index (κ3) is 2.64. The first-order valence-corrected chi connectivity index (χ1v) is 8.07. The fraction of sp³-hybridized carbons (Fsp3) is 0.412. The molecule has 24 heavy (non-hydrogen) atoms. The van der Waals surface area contributed by atoms with Crippen molar-refractivity contribution in [1.82, 2.24) is 9.55 Å². The van der Waals surface area contributed by atoms with E-state index in [0.717, 1.165) is 37.3 Å². The van der Waals surface area contributed by atoms with Crippen LogP contribution in [0, 0.1) is 11.6 Å². The minimum Gasteiger partial charge on any atom is -0.473 e. The summed E-state index contributed by atoms with van der Waals surface area (Å²) in [4.78, 5) is 18.4. The molecule has 0 unspecified atom stereocenters. The van der Waals surface area contributed by atoms with Crippen LogP contribution in [0.4, 0.5) is 14.6 Å². The van der Waals surface area contributed by atoms with Crippen LogP contribution < -0.4 is 15.3 Å². The molecule has 126 valence electrons. The first-order chi connectivity index (χ1) is 11.6. The van der Waals surface area contributed by atoms with Crippen molar-refractivity contribution in [3.8, 4) is 5.88 Å². The molecule has 0 radical (unpaired) electrons. The molecule has 0 saturated carbocycles. The topological polar surface area (TPSA) is 47.4 Å². The highest BCUT2D eigenvalue weighted by molar-refractivity contribution is 5.47. The van der Waals surface area contributed by atoms with Gasteiger partial charge in [0.15, 0.2) is 11.6 Å². The number of benzene rings is 1. The second-order valence-corrected chi connectivity index (χ2v) is 6.23. The summed E-state index contributed by atoms with van der Waals surface area (Å²) in [5.41, 5.74) is 0.148. The van der Waals surface area contributed by atoms with Crippen LogP contribution in [-0.2, 0) is 13.2 Å². The van der Waals surface area contributed by atoms with Crippen molar-refractivity contribution in [3.05, 3.63) is 51.9 Å². The van der Waals surface area contributed by atoms with E-state index in [1.54, 1.807) is 10.6 Å². The minimum atomic E-state index is -0.922. The zero-order valence-corrected chi connectivity index (χ0v) is 13.0. The highest BCUT2D eigenvalue weighted by atomic mass is 19.2. The van der Waals surface area contributed by atoms with Gasteiger partial charge in [0.25, 0.3) is 0 Å². The van der Waals surface area contributed by atoms with Gasteiger partial charge >= 0.3 is 5.69 Å². The van der Waals surface area contributed by atoms with Gasteiger partial charge in [0.1, 0.15) is 12.4 Å². The first-order valence-electron chi connectivity index (χ1n) is 8.07. The molecule has 0 aliphatic carbocycles. The molecule has 1 aromatic heterocycles. The molecule has 0 bridgehead atoms. The molecule has 3 heterocycles. The normalized spacial score (nSPS) is 19.1. The largest absolute Gasteiger partial charge is 0.473 e. The Kier molecular flexibility index (Phi) is 3.70. The van der Waals surface area contributed by atoms with Crippen LogP contribution in [0.25, 0.3) is 0 Å². The zero-order valence-electron chi connectivity index (χ0n) is 13.0. The lowest BCUT2D eigenvalue weighted by Gasteiger charge is -2.30. The van der Waals surface area contributed by atoms with E-state index in [2.05, 4.69) is 9.88 Å². The number of hydrogen-bond acceptors (Lipinski definition) is 4. The van der Waals surface area contributed by atoms with Crippen molar-refractivity contribution in [2.75, 3.05) is 11.4 Å². The van der Waals surface area contributed by atoms with Gasteiger partial charge < -0.3 is 9.64 Å². The van der Waals surface area contributed by atoms with Gasteiger partial charge in [0.05, 0.1) is 0 Å². The van der Waals surface area contributed by atoms with Crippen molar-refractivity contribution in [3.63, 3.8) is 0 Å². The number of rotatable bonds is 3. The summed E-state index contributed by atoms with van der Waals surface area (Å²) in [7, 11) is 0. The molecule has 0 amide bonds. The lowest BCUT2D eigenvalue weighted by Crippen LogP contribution is -2.36. The quantitative estimate of drug-likeness (QED) is 0.866. The van der Waals surface area contributed by atoms with E-state index in [0.29, 0.717) is 18.2 Å². The third-order valence-corrected chi connectivity index (χ3v) is 4.65. The Bertz CT molecular complexity index is 837. The first kappa shape index (κ1) is 15.1. The van der Waals surface area contributed by atoms with Crippen molar-refractivity contribution in [1.29, 1.82) is 0 Å². The number of halogens is 2. The SMILES string of the molecule is O=c1nc(OCc2ccc(F)c(F)c2)cc2n1C[C@H]1CCCCN21. The Morgan fingerprint density at radius 3 is 2.92 bits per heavy atom. The molecule has 1 fully saturated rings. The summed E-state index contributed by atoms with van der Waals surface area (Å²) in [6.45, 7) is 1.62. The molecular formula is C17H17F2N3O2. The van der Waals surface area contributed by atoms with Crippen LogP contribution in [0.2, 0.25) is 0 Å². The summed E-state index contributed by atoms with van der Waals surface area (Å²) in [6.07, 6.45) is 3.36. The minimum absolute atomic E-state index is 0.0243. The third-order valence-electron chi connectivity index (χ3n) is 4.65. The number of hydrogen-bond donors (Lipinski definition) is 0. The molecule has 1 atom stereocenters. The average Bonchev–Trinajstić information content (AvgIpc) is 2.95. The van der Waals surface area contributed by atoms with E-state index < -0.39 is 11.6 Å². The maximum atomic E-state index is 13.2. The van der Waals surface area contributed by atoms with E-state index in [1.807, 2.05) is 0 Å². The monoisotopic (exact) mass is 333 g/mol. The average molecular weight is 333 g/mol. The molecule has 1 aromatic carbocycles. The summed E-state index contributed by atoms with van der Waals surface area (Å²) in [5.74, 6) is -0.778. The summed E-state index contributed by atoms with van der Waals surface area (Å²) < 4.78 is 33.4. The Hall–Kier alpha value is -2.44. The van der Waals surface area contributed by atoms with Gasteiger partial charge in [-0.1, -0.05) is 6.07 Å². The number of nitrogens with zero attached hydrogens (tertiary/aromatic N) is 3. The van der Waals surface area contributed by atoms with Crippen LogP contribution >= 0.6 is 0 Å². The van der Waals surface area contributed by atoms with E-state index in [-0.39, 0.29) is 18.2 Å². The fourth-order valence-electron chi connectivity index (χ4n) is 3.45. The Morgan fingerprint density at radius 2 is 2.08 bits per heavy atom. The Labute approximate surface area is 137 Å². The smallest absolute Gasteiger partial charge is 0.352 e. The van der Waals surface area contributed by atoms with Crippen LogP contribution in [0.5, 0.6) is 5.88 Å². The standard InChI is InChI=1S/C17H17F2N3O2/c18-13-5-4-11(7-14(13)19)10-24-15-8-16-21-6-2-1-3-12(21)9-22(16)17(23)20-15/h4-5,7-8,12H,1-3,6,9-10H2/t12-/m1/s1. The van der Waals surface area contributed by atoms with Crippen LogP contribution in [-0.4, -0.2) is 22.1 Å². The van der Waals surface area contributed by atoms with Gasteiger partial charge in [-0.3, -0.25) is 4.57 Å². The summed E-state index contributed by atoms with van der Waals surface area (Å²) in [5, 5.41) is 0. The molecule has 4 rings (SSSR count). The fourth-order valence-corrected chi connectivity index (χ4v) is 3.45. The van der Waals surface area contributed by atoms with Crippen LogP contribution in [0.15, 0.2) is 29.1 Å². The molecule has 7 heteroatoms. The van der Waals surface area contributed by atoms with Gasteiger partial charge in [-0.2, -0.15) is 4.98 Å². The Balaban J connectivity index is 1.56. The highest BCUT2D eigenvalue weighted by Crippen LogP contribution is 2.32. The summed E-state index contributed by atoms with van der Waals surface area (Å²) >= 11 is 0. The van der Waals surface area contributed by atoms with Gasteiger partial charge in [-0.15, -0.1) is 0 Å². The van der Waals surface area contributed by atoms with Gasteiger partial charge in [0.2, 0.25) is 5.88 Å². The van der Waals surface area contributed by atoms with Gasteiger partial charge in [-0.25, -0.2) is 13.6 Å². The molecule has 5 nitrogen and oxygen atoms in total. The van der Waals surface area contributed by atoms with E-state index in [1.165, 1.54) is 12.5 Å².